The highest BCUT2D eigenvalue weighted by molar-refractivity contribution is 5.86. The van der Waals surface area contributed by atoms with Gasteiger partial charge in [-0.3, -0.25) is 4.79 Å². The molecule has 0 saturated heterocycles. The fourth-order valence-electron chi connectivity index (χ4n) is 2.23. The van der Waals surface area contributed by atoms with Crippen molar-refractivity contribution in [3.8, 4) is 17.2 Å². The summed E-state index contributed by atoms with van der Waals surface area (Å²) in [4.78, 5) is 11.8. The molecule has 6 nitrogen and oxygen atoms in total. The Labute approximate surface area is 147 Å². The van der Waals surface area contributed by atoms with Gasteiger partial charge in [-0.25, -0.2) is 5.43 Å². The maximum absolute atomic E-state index is 11.8. The van der Waals surface area contributed by atoms with Crippen LogP contribution >= 0.6 is 0 Å². The summed E-state index contributed by atoms with van der Waals surface area (Å²) in [7, 11) is 0. The molecule has 0 fully saturated rings. The first-order valence-electron chi connectivity index (χ1n) is 7.98. The largest absolute Gasteiger partial charge is 0.504 e. The third-order valence-electron chi connectivity index (χ3n) is 3.41. The van der Waals surface area contributed by atoms with E-state index in [-0.39, 0.29) is 12.4 Å². The maximum atomic E-state index is 11.8. The highest BCUT2D eigenvalue weighted by atomic mass is 16.5. The number of carbonyl (C=O) groups excluding carboxylic acids is 1. The molecule has 2 rings (SSSR count). The van der Waals surface area contributed by atoms with E-state index >= 15 is 0 Å². The smallest absolute Gasteiger partial charge is 0.277 e. The Morgan fingerprint density at radius 1 is 1.20 bits per heavy atom. The SMILES string of the molecule is CCOc1cccc(/C=N/NC(=O)COc2ccc(C)cc2C)c1O. The number of carbonyl (C=O) groups is 1. The van der Waals surface area contributed by atoms with E-state index < -0.39 is 5.91 Å². The number of nitrogens with one attached hydrogen (secondary N) is 1. The molecule has 1 amide bonds. The number of rotatable bonds is 7. The molecule has 2 aromatic carbocycles. The Bertz CT molecular complexity index is 772. The monoisotopic (exact) mass is 342 g/mol. The van der Waals surface area contributed by atoms with E-state index in [2.05, 4.69) is 10.5 Å². The number of nitrogens with zero attached hydrogens (tertiary/aromatic N) is 1. The molecule has 0 radical (unpaired) electrons. The number of hydrogen-bond acceptors (Lipinski definition) is 5. The molecule has 0 aliphatic heterocycles. The standard InChI is InChI=1S/C19H22N2O4/c1-4-24-17-7-5-6-15(19(17)23)11-20-21-18(22)12-25-16-9-8-13(2)10-14(16)3/h5-11,23H,4,12H2,1-3H3,(H,21,22)/b20-11+. The van der Waals surface area contributed by atoms with Gasteiger partial charge < -0.3 is 14.6 Å². The average molecular weight is 342 g/mol. The number of phenolic OH excluding ortho intramolecular Hbond substituents is 1. The molecule has 2 aromatic rings. The summed E-state index contributed by atoms with van der Waals surface area (Å²) in [6.07, 6.45) is 1.35. The Morgan fingerprint density at radius 2 is 2.00 bits per heavy atom. The van der Waals surface area contributed by atoms with Crippen LogP contribution in [0.4, 0.5) is 0 Å². The van der Waals surface area contributed by atoms with Crippen LogP contribution in [0.5, 0.6) is 17.2 Å². The van der Waals surface area contributed by atoms with Gasteiger partial charge in [0.25, 0.3) is 5.91 Å². The van der Waals surface area contributed by atoms with Gasteiger partial charge in [0.1, 0.15) is 5.75 Å². The van der Waals surface area contributed by atoms with Crippen molar-refractivity contribution in [2.24, 2.45) is 5.10 Å². The second-order valence-electron chi connectivity index (χ2n) is 5.48. The van der Waals surface area contributed by atoms with Crippen molar-refractivity contribution in [2.45, 2.75) is 20.8 Å². The lowest BCUT2D eigenvalue weighted by molar-refractivity contribution is -0.123. The fraction of sp³-hybridized carbons (Fsp3) is 0.263. The van der Waals surface area contributed by atoms with E-state index in [9.17, 15) is 9.90 Å². The number of hydrogen-bond donors (Lipinski definition) is 2. The van der Waals surface area contributed by atoms with Gasteiger partial charge in [0, 0.05) is 5.56 Å². The summed E-state index contributed by atoms with van der Waals surface area (Å²) < 4.78 is 10.8. The third kappa shape index (κ3) is 5.24. The molecule has 0 heterocycles. The van der Waals surface area contributed by atoms with Crippen LogP contribution in [0.25, 0.3) is 0 Å². The third-order valence-corrected chi connectivity index (χ3v) is 3.41. The minimum atomic E-state index is -0.392. The molecule has 0 saturated carbocycles. The predicted octanol–water partition coefficient (Wildman–Crippen LogP) is 2.94. The molecular formula is C19H22N2O4. The number of hydrazone groups is 1. The number of ether oxygens (including phenoxy) is 2. The summed E-state index contributed by atoms with van der Waals surface area (Å²) >= 11 is 0. The van der Waals surface area contributed by atoms with Crippen LogP contribution in [0.3, 0.4) is 0 Å². The lowest BCUT2D eigenvalue weighted by atomic mass is 10.1. The van der Waals surface area contributed by atoms with Gasteiger partial charge in [-0.15, -0.1) is 0 Å². The number of amides is 1. The average Bonchev–Trinajstić information content (AvgIpc) is 2.57. The van der Waals surface area contributed by atoms with Gasteiger partial charge in [0.2, 0.25) is 0 Å². The van der Waals surface area contributed by atoms with Crippen molar-refractivity contribution in [1.82, 2.24) is 5.43 Å². The van der Waals surface area contributed by atoms with E-state index in [1.54, 1.807) is 18.2 Å². The first-order chi connectivity index (χ1) is 12.0. The van der Waals surface area contributed by atoms with Gasteiger partial charge in [0.05, 0.1) is 12.8 Å². The van der Waals surface area contributed by atoms with Crippen LogP contribution in [0.2, 0.25) is 0 Å². The van der Waals surface area contributed by atoms with Crippen LogP contribution in [-0.4, -0.2) is 30.4 Å². The minimum absolute atomic E-state index is 0.0196. The predicted molar refractivity (Wildman–Crippen MR) is 96.4 cm³/mol. The van der Waals surface area contributed by atoms with E-state index in [1.807, 2.05) is 39.0 Å². The second kappa shape index (κ2) is 8.73. The Kier molecular flexibility index (Phi) is 6.39. The summed E-state index contributed by atoms with van der Waals surface area (Å²) in [6.45, 7) is 6.05. The van der Waals surface area contributed by atoms with E-state index in [0.29, 0.717) is 23.7 Å². The quantitative estimate of drug-likeness (QED) is 0.599. The Morgan fingerprint density at radius 3 is 2.72 bits per heavy atom. The number of aromatic hydroxyl groups is 1. The normalized spacial score (nSPS) is 10.7. The molecule has 25 heavy (non-hydrogen) atoms. The van der Waals surface area contributed by atoms with Crippen molar-refractivity contribution < 1.29 is 19.4 Å². The number of aryl methyl sites for hydroxylation is 2. The summed E-state index contributed by atoms with van der Waals surface area (Å²) in [5.74, 6) is 0.619. The first-order valence-corrected chi connectivity index (χ1v) is 7.98. The zero-order valence-electron chi connectivity index (χ0n) is 14.6. The molecule has 0 spiro atoms. The highest BCUT2D eigenvalue weighted by Crippen LogP contribution is 2.28. The van der Waals surface area contributed by atoms with Gasteiger partial charge in [-0.1, -0.05) is 23.8 Å². The van der Waals surface area contributed by atoms with Crippen molar-refractivity contribution in [1.29, 1.82) is 0 Å². The van der Waals surface area contributed by atoms with Crippen molar-refractivity contribution >= 4 is 12.1 Å². The molecule has 132 valence electrons. The topological polar surface area (TPSA) is 80.2 Å². The summed E-state index contributed by atoms with van der Waals surface area (Å²) in [5.41, 5.74) is 4.91. The second-order valence-corrected chi connectivity index (χ2v) is 5.48. The number of para-hydroxylation sites is 1. The molecule has 0 aromatic heterocycles. The van der Waals surface area contributed by atoms with E-state index in [1.165, 1.54) is 6.21 Å². The lowest BCUT2D eigenvalue weighted by Crippen LogP contribution is -2.24. The number of phenols is 1. The van der Waals surface area contributed by atoms with Crippen LogP contribution < -0.4 is 14.9 Å². The molecule has 6 heteroatoms. The minimum Gasteiger partial charge on any atom is -0.504 e. The van der Waals surface area contributed by atoms with E-state index in [4.69, 9.17) is 9.47 Å². The van der Waals surface area contributed by atoms with Crippen LogP contribution in [-0.2, 0) is 4.79 Å². The summed E-state index contributed by atoms with van der Waals surface area (Å²) in [6, 6.07) is 10.8. The molecule has 2 N–H and O–H groups in total. The van der Waals surface area contributed by atoms with Crippen molar-refractivity contribution in [3.63, 3.8) is 0 Å². The van der Waals surface area contributed by atoms with Gasteiger partial charge in [-0.2, -0.15) is 5.10 Å². The molecule has 0 bridgehead atoms. The number of benzene rings is 2. The van der Waals surface area contributed by atoms with Crippen LogP contribution in [0.15, 0.2) is 41.5 Å². The van der Waals surface area contributed by atoms with Gasteiger partial charge >= 0.3 is 0 Å². The van der Waals surface area contributed by atoms with Gasteiger partial charge in [0.15, 0.2) is 18.1 Å². The molecule has 0 aliphatic rings. The molecular weight excluding hydrogens is 320 g/mol. The zero-order chi connectivity index (χ0) is 18.2. The Balaban J connectivity index is 1.89. The highest BCUT2D eigenvalue weighted by Gasteiger charge is 2.07. The molecule has 0 unspecified atom stereocenters. The molecule has 0 aliphatic carbocycles. The first kappa shape index (κ1) is 18.3. The molecule has 0 atom stereocenters. The zero-order valence-corrected chi connectivity index (χ0v) is 14.6. The maximum Gasteiger partial charge on any atom is 0.277 e. The lowest BCUT2D eigenvalue weighted by Gasteiger charge is -2.09. The van der Waals surface area contributed by atoms with Crippen LogP contribution in [0.1, 0.15) is 23.6 Å². The fourth-order valence-corrected chi connectivity index (χ4v) is 2.23. The van der Waals surface area contributed by atoms with Crippen molar-refractivity contribution in [2.75, 3.05) is 13.2 Å². The van der Waals surface area contributed by atoms with Gasteiger partial charge in [-0.05, 0) is 44.5 Å². The van der Waals surface area contributed by atoms with Crippen LogP contribution in [0, 0.1) is 13.8 Å². The summed E-state index contributed by atoms with van der Waals surface area (Å²) in [5, 5.41) is 13.9. The van der Waals surface area contributed by atoms with E-state index in [0.717, 1.165) is 11.1 Å². The van der Waals surface area contributed by atoms with Crippen molar-refractivity contribution in [3.05, 3.63) is 53.1 Å². The Hall–Kier alpha value is -3.02.